The van der Waals surface area contributed by atoms with Crippen LogP contribution >= 0.6 is 9.90 Å². The zero-order chi connectivity index (χ0) is 7.33. The van der Waals surface area contributed by atoms with Gasteiger partial charge >= 0.3 is 0 Å². The molecule has 61 valence electrons. The first-order chi connectivity index (χ1) is 4.24. The van der Waals surface area contributed by atoms with Crippen LogP contribution in [0.15, 0.2) is 0 Å². The van der Waals surface area contributed by atoms with E-state index in [9.17, 15) is 0 Å². The highest BCUT2D eigenvalue weighted by atomic mass is 31.0. The Kier molecular flexibility index (Phi) is 7.76. The van der Waals surface area contributed by atoms with Gasteiger partial charge in [-0.2, -0.15) is 0 Å². The van der Waals surface area contributed by atoms with Crippen LogP contribution in [0.3, 0.4) is 0 Å². The number of hydrogen-bond acceptors (Lipinski definition) is 4. The van der Waals surface area contributed by atoms with Gasteiger partial charge in [0.1, 0.15) is 0 Å². The second kappa shape index (κ2) is 6.01. The van der Waals surface area contributed by atoms with E-state index in [4.69, 9.17) is 20.4 Å². The summed E-state index contributed by atoms with van der Waals surface area (Å²) in [4.78, 5) is 0. The van der Waals surface area contributed by atoms with Crippen LogP contribution < -0.4 is 0 Å². The van der Waals surface area contributed by atoms with Gasteiger partial charge < -0.3 is 20.4 Å². The third-order valence-corrected chi connectivity index (χ3v) is 1.34. The zero-order valence-corrected chi connectivity index (χ0v) is 6.46. The summed E-state index contributed by atoms with van der Waals surface area (Å²) >= 11 is 0. The first-order valence-electron chi connectivity index (χ1n) is 2.68. The summed E-state index contributed by atoms with van der Waals surface area (Å²) in [6.07, 6.45) is 0. The van der Waals surface area contributed by atoms with Gasteiger partial charge in [0.15, 0.2) is 0 Å². The molecule has 5 heteroatoms. The van der Waals surface area contributed by atoms with E-state index in [1.54, 1.807) is 0 Å². The van der Waals surface area contributed by atoms with Crippen LogP contribution in [0.25, 0.3) is 0 Å². The molecule has 0 aliphatic rings. The van der Waals surface area contributed by atoms with E-state index in [0.29, 0.717) is 0 Å². The van der Waals surface area contributed by atoms with Crippen LogP contribution in [-0.2, 0) is 0 Å². The second-order valence-electron chi connectivity index (χ2n) is 2.13. The third kappa shape index (κ3) is 2.90. The lowest BCUT2D eigenvalue weighted by Gasteiger charge is -2.23. The van der Waals surface area contributed by atoms with Crippen molar-refractivity contribution in [1.29, 1.82) is 0 Å². The van der Waals surface area contributed by atoms with Crippen molar-refractivity contribution >= 4 is 9.90 Å². The summed E-state index contributed by atoms with van der Waals surface area (Å²) in [5.41, 5.74) is -1.11. The molecule has 0 heterocycles. The van der Waals surface area contributed by atoms with Crippen LogP contribution in [-0.4, -0.2) is 46.9 Å². The van der Waals surface area contributed by atoms with Crippen molar-refractivity contribution in [2.24, 2.45) is 5.41 Å². The van der Waals surface area contributed by atoms with Crippen LogP contribution in [0, 0.1) is 5.41 Å². The molecule has 0 aromatic carbocycles. The van der Waals surface area contributed by atoms with Crippen LogP contribution in [0.4, 0.5) is 0 Å². The standard InChI is InChI=1S/C5H12O4.P/c6-1-5(2-7,3-8)4-9;/h6-9H,1-4H2;. The molecule has 10 heavy (non-hydrogen) atoms. The normalized spacial score (nSPS) is 10.8. The lowest BCUT2D eigenvalue weighted by Crippen LogP contribution is -2.37. The van der Waals surface area contributed by atoms with Gasteiger partial charge in [0, 0.05) is 9.90 Å². The Morgan fingerprint density at radius 1 is 0.700 bits per heavy atom. The van der Waals surface area contributed by atoms with Gasteiger partial charge in [0.25, 0.3) is 0 Å². The Bertz CT molecular complexity index is 56.5. The van der Waals surface area contributed by atoms with E-state index < -0.39 is 31.8 Å². The fourth-order valence-electron chi connectivity index (χ4n) is 0.300. The first kappa shape index (κ1) is 12.9. The molecule has 0 aromatic rings. The van der Waals surface area contributed by atoms with Crippen LogP contribution in [0.2, 0.25) is 0 Å². The molecule has 0 rings (SSSR count). The monoisotopic (exact) mass is 167 g/mol. The maximum atomic E-state index is 8.50. The summed E-state index contributed by atoms with van der Waals surface area (Å²) in [6, 6.07) is 0. The summed E-state index contributed by atoms with van der Waals surface area (Å²) < 4.78 is 0. The maximum Gasteiger partial charge on any atom is 0.0627 e. The van der Waals surface area contributed by atoms with E-state index in [1.807, 2.05) is 0 Å². The van der Waals surface area contributed by atoms with Gasteiger partial charge in [-0.1, -0.05) is 0 Å². The summed E-state index contributed by atoms with van der Waals surface area (Å²) in [6.45, 7) is -1.62. The number of rotatable bonds is 4. The maximum absolute atomic E-state index is 8.50. The van der Waals surface area contributed by atoms with E-state index in [-0.39, 0.29) is 9.90 Å². The molecule has 3 radical (unpaired) electrons. The fraction of sp³-hybridized carbons (Fsp3) is 1.00. The average molecular weight is 167 g/mol. The summed E-state index contributed by atoms with van der Waals surface area (Å²) in [5.74, 6) is 0. The Balaban J connectivity index is 0. The predicted molar refractivity (Wildman–Crippen MR) is 37.7 cm³/mol. The third-order valence-electron chi connectivity index (χ3n) is 1.34. The SMILES string of the molecule is OCC(CO)(CO)CO.[P]. The molecule has 0 unspecified atom stereocenters. The zero-order valence-electron chi connectivity index (χ0n) is 5.56. The van der Waals surface area contributed by atoms with E-state index in [1.165, 1.54) is 0 Å². The van der Waals surface area contributed by atoms with E-state index in [2.05, 4.69) is 0 Å². The summed E-state index contributed by atoms with van der Waals surface area (Å²) in [5, 5.41) is 34.0. The molecule has 0 saturated heterocycles. The molecule has 0 saturated carbocycles. The molecule has 4 nitrogen and oxygen atoms in total. The number of hydrogen-bond donors (Lipinski definition) is 4. The minimum atomic E-state index is -1.11. The molecule has 4 N–H and O–H groups in total. The first-order valence-corrected chi connectivity index (χ1v) is 2.68. The second-order valence-corrected chi connectivity index (χ2v) is 2.13. The number of aliphatic hydroxyl groups is 4. The Hall–Kier alpha value is 0.270. The van der Waals surface area contributed by atoms with Crippen molar-refractivity contribution < 1.29 is 20.4 Å². The van der Waals surface area contributed by atoms with Crippen LogP contribution in [0.5, 0.6) is 0 Å². The van der Waals surface area contributed by atoms with E-state index in [0.717, 1.165) is 0 Å². The van der Waals surface area contributed by atoms with Gasteiger partial charge in [-0.05, 0) is 0 Å². The quantitative estimate of drug-likeness (QED) is 0.396. The molecular formula is C5H12O4P. The highest BCUT2D eigenvalue weighted by molar-refractivity contribution is 6.92. The Morgan fingerprint density at radius 3 is 0.900 bits per heavy atom. The lowest BCUT2D eigenvalue weighted by molar-refractivity contribution is -0.0328. The smallest absolute Gasteiger partial charge is 0.0627 e. The largest absolute Gasteiger partial charge is 0.396 e. The Morgan fingerprint density at radius 2 is 0.900 bits per heavy atom. The summed E-state index contributed by atoms with van der Waals surface area (Å²) in [7, 11) is 0. The fourth-order valence-corrected chi connectivity index (χ4v) is 0.300. The molecule has 0 bridgehead atoms. The minimum absolute atomic E-state index is 0. The van der Waals surface area contributed by atoms with Gasteiger partial charge in [-0.25, -0.2) is 0 Å². The lowest BCUT2D eigenvalue weighted by atomic mass is 9.93. The molecule has 0 aliphatic heterocycles. The highest BCUT2D eigenvalue weighted by Gasteiger charge is 2.26. The van der Waals surface area contributed by atoms with Crippen LogP contribution in [0.1, 0.15) is 0 Å². The molecule has 0 fully saturated rings. The topological polar surface area (TPSA) is 80.9 Å². The van der Waals surface area contributed by atoms with Crippen molar-refractivity contribution in [1.82, 2.24) is 0 Å². The van der Waals surface area contributed by atoms with Gasteiger partial charge in [0.2, 0.25) is 0 Å². The molecule has 0 amide bonds. The van der Waals surface area contributed by atoms with Gasteiger partial charge in [0.05, 0.1) is 31.8 Å². The molecule has 0 aromatic heterocycles. The molecule has 0 atom stereocenters. The Labute approximate surface area is 63.1 Å². The predicted octanol–water partition coefficient (Wildman–Crippen LogP) is -1.20. The van der Waals surface area contributed by atoms with Gasteiger partial charge in [-0.15, -0.1) is 0 Å². The van der Waals surface area contributed by atoms with Crippen molar-refractivity contribution in [3.63, 3.8) is 0 Å². The molecule has 0 aliphatic carbocycles. The number of aliphatic hydroxyl groups excluding tert-OH is 4. The van der Waals surface area contributed by atoms with E-state index >= 15 is 0 Å². The van der Waals surface area contributed by atoms with Crippen molar-refractivity contribution in [3.8, 4) is 0 Å². The molecule has 0 spiro atoms. The van der Waals surface area contributed by atoms with Crippen molar-refractivity contribution in [2.45, 2.75) is 0 Å². The minimum Gasteiger partial charge on any atom is -0.396 e. The van der Waals surface area contributed by atoms with Crippen molar-refractivity contribution in [3.05, 3.63) is 0 Å². The van der Waals surface area contributed by atoms with Gasteiger partial charge in [-0.3, -0.25) is 0 Å². The average Bonchev–Trinajstić information content (AvgIpc) is 1.95. The molecular weight excluding hydrogens is 155 g/mol. The highest BCUT2D eigenvalue weighted by Crippen LogP contribution is 2.11. The van der Waals surface area contributed by atoms with Crippen molar-refractivity contribution in [2.75, 3.05) is 26.4 Å².